The monoisotopic (exact) mass is 435 g/mol. The predicted octanol–water partition coefficient (Wildman–Crippen LogP) is 4.29. The molecule has 32 heavy (non-hydrogen) atoms. The molecule has 2 aliphatic rings. The van der Waals surface area contributed by atoms with E-state index in [1.54, 1.807) is 7.11 Å². The molecule has 3 amide bonds. The maximum atomic E-state index is 13.7. The molecule has 2 saturated heterocycles. The lowest BCUT2D eigenvalue weighted by Gasteiger charge is -2.42. The third-order valence-electron chi connectivity index (χ3n) is 6.81. The number of rotatable bonds is 8. The second kappa shape index (κ2) is 9.74. The van der Waals surface area contributed by atoms with Crippen LogP contribution in [0, 0.1) is 0 Å². The summed E-state index contributed by atoms with van der Waals surface area (Å²) in [5.74, 6) is 0.859. The summed E-state index contributed by atoms with van der Waals surface area (Å²) < 4.78 is 5.50. The number of methoxy groups -OCH3 is 1. The van der Waals surface area contributed by atoms with Crippen molar-refractivity contribution in [1.82, 2.24) is 14.7 Å². The first-order valence-corrected chi connectivity index (χ1v) is 11.6. The largest absolute Gasteiger partial charge is 0.496 e. The van der Waals surface area contributed by atoms with Gasteiger partial charge >= 0.3 is 6.03 Å². The van der Waals surface area contributed by atoms with Gasteiger partial charge in [-0.3, -0.25) is 14.6 Å². The van der Waals surface area contributed by atoms with Crippen LogP contribution in [-0.2, 0) is 17.9 Å². The maximum Gasteiger partial charge on any atom is 0.327 e. The van der Waals surface area contributed by atoms with Gasteiger partial charge in [0.15, 0.2) is 0 Å². The van der Waals surface area contributed by atoms with Crippen LogP contribution >= 0.6 is 0 Å². The highest BCUT2D eigenvalue weighted by Gasteiger charge is 2.57. The Hall–Kier alpha value is -2.86. The molecule has 0 saturated carbocycles. The van der Waals surface area contributed by atoms with Crippen LogP contribution in [0.15, 0.2) is 54.6 Å². The second-order valence-electron chi connectivity index (χ2n) is 8.78. The van der Waals surface area contributed by atoms with Crippen molar-refractivity contribution >= 4 is 11.9 Å². The minimum atomic E-state index is -0.710. The number of hydrogen-bond donors (Lipinski definition) is 0. The molecule has 6 heteroatoms. The van der Waals surface area contributed by atoms with Gasteiger partial charge in [0.2, 0.25) is 0 Å². The number of urea groups is 1. The van der Waals surface area contributed by atoms with Gasteiger partial charge in [0.25, 0.3) is 5.91 Å². The van der Waals surface area contributed by atoms with E-state index < -0.39 is 5.54 Å². The summed E-state index contributed by atoms with van der Waals surface area (Å²) in [6.07, 6.45) is 3.24. The highest BCUT2D eigenvalue weighted by molar-refractivity contribution is 6.07. The van der Waals surface area contributed by atoms with Crippen molar-refractivity contribution < 1.29 is 14.3 Å². The number of piperidine rings is 1. The minimum Gasteiger partial charge on any atom is -0.496 e. The molecule has 0 unspecified atom stereocenters. The summed E-state index contributed by atoms with van der Waals surface area (Å²) in [7, 11) is 1.69. The summed E-state index contributed by atoms with van der Waals surface area (Å²) in [6.45, 7) is 5.43. The number of carbonyl (C=O) groups excluding carboxylic acids is 2. The molecule has 170 valence electrons. The lowest BCUT2D eigenvalue weighted by atomic mass is 9.85. The van der Waals surface area contributed by atoms with Crippen molar-refractivity contribution in [3.8, 4) is 5.75 Å². The molecule has 4 rings (SSSR count). The number of benzene rings is 2. The summed E-state index contributed by atoms with van der Waals surface area (Å²) in [6, 6.07) is 17.7. The van der Waals surface area contributed by atoms with E-state index in [1.165, 1.54) is 4.90 Å². The molecule has 2 aliphatic heterocycles. The number of nitrogens with zero attached hydrogens (tertiary/aromatic N) is 3. The van der Waals surface area contributed by atoms with E-state index in [9.17, 15) is 9.59 Å². The quantitative estimate of drug-likeness (QED) is 0.581. The summed E-state index contributed by atoms with van der Waals surface area (Å²) >= 11 is 0. The van der Waals surface area contributed by atoms with Crippen LogP contribution in [0.25, 0.3) is 0 Å². The molecule has 6 nitrogen and oxygen atoms in total. The molecule has 0 radical (unpaired) electrons. The van der Waals surface area contributed by atoms with Gasteiger partial charge < -0.3 is 9.64 Å². The van der Waals surface area contributed by atoms with Gasteiger partial charge in [0, 0.05) is 31.7 Å². The Morgan fingerprint density at radius 1 is 0.938 bits per heavy atom. The smallest absolute Gasteiger partial charge is 0.327 e. The molecule has 0 bridgehead atoms. The van der Waals surface area contributed by atoms with Crippen LogP contribution in [0.3, 0.4) is 0 Å². The zero-order chi connectivity index (χ0) is 22.6. The summed E-state index contributed by atoms with van der Waals surface area (Å²) in [4.78, 5) is 32.7. The van der Waals surface area contributed by atoms with Crippen LogP contribution < -0.4 is 4.74 Å². The van der Waals surface area contributed by atoms with E-state index in [1.807, 2.05) is 53.4 Å². The number of carbonyl (C=O) groups is 2. The van der Waals surface area contributed by atoms with Crippen molar-refractivity contribution in [2.24, 2.45) is 0 Å². The summed E-state index contributed by atoms with van der Waals surface area (Å²) in [5, 5.41) is 0. The average molecular weight is 436 g/mol. The third-order valence-corrected chi connectivity index (χ3v) is 6.81. The molecule has 0 aliphatic carbocycles. The van der Waals surface area contributed by atoms with Gasteiger partial charge in [-0.15, -0.1) is 0 Å². The highest BCUT2D eigenvalue weighted by Crippen LogP contribution is 2.38. The van der Waals surface area contributed by atoms with E-state index in [0.717, 1.165) is 49.4 Å². The number of unbranched alkanes of at least 4 members (excludes halogenated alkanes) is 1. The summed E-state index contributed by atoms with van der Waals surface area (Å²) in [5.41, 5.74) is 1.42. The maximum absolute atomic E-state index is 13.7. The van der Waals surface area contributed by atoms with Crippen LogP contribution in [0.1, 0.15) is 43.7 Å². The Kier molecular flexibility index (Phi) is 6.80. The fourth-order valence-corrected chi connectivity index (χ4v) is 4.95. The Labute approximate surface area is 190 Å². The van der Waals surface area contributed by atoms with Gasteiger partial charge in [-0.1, -0.05) is 61.9 Å². The van der Waals surface area contributed by atoms with Crippen molar-refractivity contribution in [2.45, 2.75) is 51.2 Å². The van der Waals surface area contributed by atoms with Crippen LogP contribution in [0.2, 0.25) is 0 Å². The zero-order valence-corrected chi connectivity index (χ0v) is 19.1. The fraction of sp³-hybridized carbons (Fsp3) is 0.462. The molecule has 2 heterocycles. The van der Waals surface area contributed by atoms with Crippen LogP contribution in [-0.4, -0.2) is 58.9 Å². The van der Waals surface area contributed by atoms with E-state index in [4.69, 9.17) is 4.74 Å². The van der Waals surface area contributed by atoms with Crippen molar-refractivity contribution in [1.29, 1.82) is 0 Å². The Morgan fingerprint density at radius 3 is 2.31 bits per heavy atom. The van der Waals surface area contributed by atoms with Gasteiger partial charge in [0.1, 0.15) is 11.3 Å². The normalized spacial score (nSPS) is 18.6. The Bertz CT molecular complexity index is 938. The second-order valence-corrected chi connectivity index (χ2v) is 8.78. The van der Waals surface area contributed by atoms with E-state index in [2.05, 4.69) is 17.9 Å². The van der Waals surface area contributed by atoms with Gasteiger partial charge in [-0.25, -0.2) is 4.79 Å². The molecule has 1 spiro atoms. The molecule has 0 N–H and O–H groups in total. The topological polar surface area (TPSA) is 53.1 Å². The number of hydrogen-bond acceptors (Lipinski definition) is 4. The lowest BCUT2D eigenvalue weighted by Crippen LogP contribution is -2.56. The highest BCUT2D eigenvalue weighted by atomic mass is 16.5. The van der Waals surface area contributed by atoms with Crippen LogP contribution in [0.5, 0.6) is 5.75 Å². The van der Waals surface area contributed by atoms with Crippen molar-refractivity contribution in [2.75, 3.05) is 26.7 Å². The first kappa shape index (κ1) is 22.3. The zero-order valence-electron chi connectivity index (χ0n) is 19.1. The number of likely N-dealkylation sites (tertiary alicyclic amines) is 1. The van der Waals surface area contributed by atoms with E-state index in [-0.39, 0.29) is 11.9 Å². The molecule has 2 aromatic rings. The predicted molar refractivity (Wildman–Crippen MR) is 124 cm³/mol. The number of imide groups is 1. The molecule has 2 aromatic carbocycles. The minimum absolute atomic E-state index is 0.0283. The van der Waals surface area contributed by atoms with Crippen LogP contribution in [0.4, 0.5) is 4.79 Å². The standard InChI is InChI=1S/C26H33N3O3/c1-3-4-16-29-25(31)28(19-21-10-6-5-7-11-21)24(30)26(29)14-17-27(18-15-26)20-22-12-8-9-13-23(22)32-2/h5-13H,3-4,14-20H2,1-2H3. The van der Waals surface area contributed by atoms with Gasteiger partial charge in [-0.05, 0) is 30.9 Å². The molecule has 2 fully saturated rings. The SMILES string of the molecule is CCCCN1C(=O)N(Cc2ccccc2)C(=O)C12CCN(Cc1ccccc1OC)CC2. The van der Waals surface area contributed by atoms with E-state index >= 15 is 0 Å². The Morgan fingerprint density at radius 2 is 1.62 bits per heavy atom. The average Bonchev–Trinajstić information content (AvgIpc) is 3.01. The molecule has 0 aromatic heterocycles. The number of amides is 3. The van der Waals surface area contributed by atoms with Crippen molar-refractivity contribution in [3.63, 3.8) is 0 Å². The molecular weight excluding hydrogens is 402 g/mol. The Balaban J connectivity index is 1.51. The fourth-order valence-electron chi connectivity index (χ4n) is 4.95. The van der Waals surface area contributed by atoms with E-state index in [0.29, 0.717) is 25.9 Å². The lowest BCUT2D eigenvalue weighted by molar-refractivity contribution is -0.136. The third kappa shape index (κ3) is 4.24. The first-order valence-electron chi connectivity index (χ1n) is 11.6. The molecular formula is C26H33N3O3. The van der Waals surface area contributed by atoms with Gasteiger partial charge in [-0.2, -0.15) is 0 Å². The first-order chi connectivity index (χ1) is 15.6. The van der Waals surface area contributed by atoms with Crippen molar-refractivity contribution in [3.05, 3.63) is 65.7 Å². The van der Waals surface area contributed by atoms with Gasteiger partial charge in [0.05, 0.1) is 13.7 Å². The number of para-hydroxylation sites is 1. The number of ether oxygens (including phenoxy) is 1. The molecule has 0 atom stereocenters.